The molecule has 0 N–H and O–H groups in total. The van der Waals surface area contributed by atoms with E-state index in [9.17, 15) is 13.2 Å². The summed E-state index contributed by atoms with van der Waals surface area (Å²) in [5.41, 5.74) is 0.254. The van der Waals surface area contributed by atoms with Gasteiger partial charge in [-0.25, -0.2) is 4.98 Å². The van der Waals surface area contributed by atoms with Crippen LogP contribution in [0.15, 0.2) is 48.8 Å². The number of alkyl halides is 3. The van der Waals surface area contributed by atoms with Gasteiger partial charge in [-0.3, -0.25) is 4.57 Å². The van der Waals surface area contributed by atoms with Crippen LogP contribution in [0.4, 0.5) is 13.2 Å². The van der Waals surface area contributed by atoms with Crippen LogP contribution in [-0.2, 0) is 6.18 Å². The number of imidazole rings is 1. The van der Waals surface area contributed by atoms with Crippen LogP contribution in [0.3, 0.4) is 0 Å². The number of halogens is 3. The lowest BCUT2D eigenvalue weighted by Crippen LogP contribution is -2.06. The third kappa shape index (κ3) is 2.23. The molecular weight excluding hydrogens is 279 g/mol. The van der Waals surface area contributed by atoms with Gasteiger partial charge in [-0.1, -0.05) is 18.2 Å². The zero-order chi connectivity index (χ0) is 15.0. The second kappa shape index (κ2) is 4.63. The van der Waals surface area contributed by atoms with Gasteiger partial charge in [0.25, 0.3) is 0 Å². The van der Waals surface area contributed by atoms with Crippen molar-refractivity contribution in [1.29, 1.82) is 5.26 Å². The number of aromatic nitrogens is 2. The molecule has 0 radical (unpaired) electrons. The Bertz CT molecular complexity index is 842. The van der Waals surface area contributed by atoms with Gasteiger partial charge in [-0.15, -0.1) is 0 Å². The molecule has 0 aliphatic carbocycles. The number of hydrogen-bond donors (Lipinski definition) is 0. The SMILES string of the molecule is N#Cc1cc(C(F)(F)F)cc2c1ncn2-c1ccccc1. The van der Waals surface area contributed by atoms with Crippen molar-refractivity contribution in [2.75, 3.05) is 0 Å². The summed E-state index contributed by atoms with van der Waals surface area (Å²) in [6, 6.07) is 12.5. The van der Waals surface area contributed by atoms with Crippen molar-refractivity contribution in [3.05, 3.63) is 59.9 Å². The summed E-state index contributed by atoms with van der Waals surface area (Å²) >= 11 is 0. The van der Waals surface area contributed by atoms with E-state index in [4.69, 9.17) is 5.26 Å². The van der Waals surface area contributed by atoms with Gasteiger partial charge in [0, 0.05) is 5.69 Å². The van der Waals surface area contributed by atoms with E-state index in [0.717, 1.165) is 12.1 Å². The van der Waals surface area contributed by atoms with Crippen molar-refractivity contribution in [3.63, 3.8) is 0 Å². The number of hydrogen-bond acceptors (Lipinski definition) is 2. The molecule has 104 valence electrons. The Kier molecular flexibility index (Phi) is 2.91. The molecule has 0 saturated heterocycles. The molecule has 0 atom stereocenters. The fourth-order valence-electron chi connectivity index (χ4n) is 2.16. The third-order valence-electron chi connectivity index (χ3n) is 3.13. The quantitative estimate of drug-likeness (QED) is 0.680. The van der Waals surface area contributed by atoms with Crippen molar-refractivity contribution in [2.24, 2.45) is 0 Å². The monoisotopic (exact) mass is 287 g/mol. The van der Waals surface area contributed by atoms with Crippen LogP contribution in [0.5, 0.6) is 0 Å². The molecule has 21 heavy (non-hydrogen) atoms. The average Bonchev–Trinajstić information content (AvgIpc) is 2.90. The predicted molar refractivity (Wildman–Crippen MR) is 70.8 cm³/mol. The summed E-state index contributed by atoms with van der Waals surface area (Å²) in [6.45, 7) is 0. The Labute approximate surface area is 117 Å². The first kappa shape index (κ1) is 13.2. The van der Waals surface area contributed by atoms with Gasteiger partial charge in [0.1, 0.15) is 17.9 Å². The highest BCUT2D eigenvalue weighted by Gasteiger charge is 2.32. The lowest BCUT2D eigenvalue weighted by atomic mass is 10.1. The molecule has 3 aromatic rings. The predicted octanol–water partition coefficient (Wildman–Crippen LogP) is 3.92. The number of para-hydroxylation sites is 1. The van der Waals surface area contributed by atoms with Gasteiger partial charge in [0.2, 0.25) is 0 Å². The molecule has 6 heteroatoms. The summed E-state index contributed by atoms with van der Waals surface area (Å²) in [5, 5.41) is 9.04. The summed E-state index contributed by atoms with van der Waals surface area (Å²) < 4.78 is 40.3. The average molecular weight is 287 g/mol. The highest BCUT2D eigenvalue weighted by molar-refractivity contribution is 5.84. The highest BCUT2D eigenvalue weighted by Crippen LogP contribution is 2.33. The topological polar surface area (TPSA) is 41.6 Å². The van der Waals surface area contributed by atoms with E-state index in [2.05, 4.69) is 4.98 Å². The summed E-state index contributed by atoms with van der Waals surface area (Å²) in [5.74, 6) is 0. The molecule has 0 spiro atoms. The molecule has 0 unspecified atom stereocenters. The van der Waals surface area contributed by atoms with Crippen LogP contribution in [0.2, 0.25) is 0 Å². The van der Waals surface area contributed by atoms with E-state index in [1.54, 1.807) is 30.3 Å². The van der Waals surface area contributed by atoms with Crippen LogP contribution in [0, 0.1) is 11.3 Å². The van der Waals surface area contributed by atoms with E-state index in [1.807, 2.05) is 6.07 Å². The molecule has 0 fully saturated rings. The zero-order valence-electron chi connectivity index (χ0n) is 10.6. The molecule has 0 bridgehead atoms. The van der Waals surface area contributed by atoms with Crippen molar-refractivity contribution >= 4 is 11.0 Å². The minimum Gasteiger partial charge on any atom is -0.299 e. The summed E-state index contributed by atoms with van der Waals surface area (Å²) in [7, 11) is 0. The van der Waals surface area contributed by atoms with Crippen molar-refractivity contribution in [1.82, 2.24) is 9.55 Å². The number of nitriles is 1. The van der Waals surface area contributed by atoms with E-state index in [1.165, 1.54) is 10.9 Å². The third-order valence-corrected chi connectivity index (χ3v) is 3.13. The summed E-state index contributed by atoms with van der Waals surface area (Å²) in [6.07, 6.45) is -3.09. The smallest absolute Gasteiger partial charge is 0.299 e. The van der Waals surface area contributed by atoms with Crippen molar-refractivity contribution < 1.29 is 13.2 Å². The Hall–Kier alpha value is -2.81. The molecule has 1 heterocycles. The molecule has 0 aliphatic rings. The first-order valence-electron chi connectivity index (χ1n) is 6.04. The van der Waals surface area contributed by atoms with Gasteiger partial charge in [-0.2, -0.15) is 18.4 Å². The maximum atomic E-state index is 12.9. The molecular formula is C15H8F3N3. The molecule has 3 nitrogen and oxygen atoms in total. The van der Waals surface area contributed by atoms with Gasteiger partial charge in [0.15, 0.2) is 0 Å². The minimum absolute atomic E-state index is 0.0884. The number of fused-ring (bicyclic) bond motifs is 1. The Morgan fingerprint density at radius 3 is 2.43 bits per heavy atom. The molecule has 0 amide bonds. The van der Waals surface area contributed by atoms with Crippen LogP contribution in [0.1, 0.15) is 11.1 Å². The second-order valence-corrected chi connectivity index (χ2v) is 4.45. The zero-order valence-corrected chi connectivity index (χ0v) is 10.6. The molecule has 0 aliphatic heterocycles. The molecule has 0 saturated carbocycles. The van der Waals surface area contributed by atoms with Crippen LogP contribution in [-0.4, -0.2) is 9.55 Å². The first-order chi connectivity index (χ1) is 10.0. The minimum atomic E-state index is -4.51. The lowest BCUT2D eigenvalue weighted by Gasteiger charge is -2.09. The van der Waals surface area contributed by atoms with Crippen LogP contribution < -0.4 is 0 Å². The second-order valence-electron chi connectivity index (χ2n) is 4.45. The lowest BCUT2D eigenvalue weighted by molar-refractivity contribution is -0.137. The van der Waals surface area contributed by atoms with Crippen molar-refractivity contribution in [2.45, 2.75) is 6.18 Å². The van der Waals surface area contributed by atoms with E-state index >= 15 is 0 Å². The number of nitrogens with zero attached hydrogens (tertiary/aromatic N) is 3. The summed E-state index contributed by atoms with van der Waals surface area (Å²) in [4.78, 5) is 4.06. The van der Waals surface area contributed by atoms with E-state index in [-0.39, 0.29) is 16.6 Å². The Morgan fingerprint density at radius 2 is 1.81 bits per heavy atom. The van der Waals surface area contributed by atoms with Crippen LogP contribution in [0.25, 0.3) is 16.7 Å². The molecule has 3 rings (SSSR count). The largest absolute Gasteiger partial charge is 0.416 e. The van der Waals surface area contributed by atoms with E-state index in [0.29, 0.717) is 5.69 Å². The number of benzene rings is 2. The Morgan fingerprint density at radius 1 is 1.10 bits per heavy atom. The normalized spacial score (nSPS) is 11.5. The fraction of sp³-hybridized carbons (Fsp3) is 0.0667. The van der Waals surface area contributed by atoms with Gasteiger partial charge in [0.05, 0.1) is 16.6 Å². The highest BCUT2D eigenvalue weighted by atomic mass is 19.4. The Balaban J connectivity index is 2.33. The van der Waals surface area contributed by atoms with Gasteiger partial charge < -0.3 is 0 Å². The van der Waals surface area contributed by atoms with Gasteiger partial charge >= 0.3 is 6.18 Å². The molecule has 1 aromatic heterocycles. The standard InChI is InChI=1S/C15H8F3N3/c16-15(17,18)11-6-10(8-19)14-13(7-11)21(9-20-14)12-4-2-1-3-5-12/h1-7,9H. The van der Waals surface area contributed by atoms with Gasteiger partial charge in [-0.05, 0) is 24.3 Å². The fourth-order valence-corrected chi connectivity index (χ4v) is 2.16. The maximum Gasteiger partial charge on any atom is 0.416 e. The number of rotatable bonds is 1. The van der Waals surface area contributed by atoms with Crippen molar-refractivity contribution in [3.8, 4) is 11.8 Å². The van der Waals surface area contributed by atoms with E-state index < -0.39 is 11.7 Å². The van der Waals surface area contributed by atoms with Crippen LogP contribution >= 0.6 is 0 Å². The first-order valence-corrected chi connectivity index (χ1v) is 6.04. The maximum absolute atomic E-state index is 12.9. The molecule has 2 aromatic carbocycles.